The molecule has 0 atom stereocenters. The Balaban J connectivity index is 2.71. The topological polar surface area (TPSA) is 51.0 Å². The number of benzene rings is 1. The quantitative estimate of drug-likeness (QED) is 0.865. The lowest BCUT2D eigenvalue weighted by Gasteiger charge is -2.01. The first kappa shape index (κ1) is 9.55. The third kappa shape index (κ3) is 1.51. The van der Waals surface area contributed by atoms with Gasteiger partial charge in [0.2, 0.25) is 0 Å². The van der Waals surface area contributed by atoms with Gasteiger partial charge in [-0.2, -0.15) is 0 Å². The highest BCUT2D eigenvalue weighted by Gasteiger charge is 2.06. The van der Waals surface area contributed by atoms with E-state index in [1.54, 1.807) is 7.11 Å². The van der Waals surface area contributed by atoms with E-state index in [4.69, 9.17) is 10.5 Å². The fraction of sp³-hybridized carbons (Fsp3) is 0.200. The van der Waals surface area contributed by atoms with Gasteiger partial charge in [-0.3, -0.25) is 0 Å². The van der Waals surface area contributed by atoms with Gasteiger partial charge in [0.05, 0.1) is 12.6 Å². The third-order valence-corrected chi connectivity index (χ3v) is 2.61. The highest BCUT2D eigenvalue weighted by atomic mass is 79.9. The van der Waals surface area contributed by atoms with Gasteiger partial charge in [-0.25, -0.2) is 0 Å². The lowest BCUT2D eigenvalue weighted by atomic mass is 10.2. The molecule has 0 spiro atoms. The summed E-state index contributed by atoms with van der Waals surface area (Å²) in [6.45, 7) is 0.509. The molecule has 0 radical (unpaired) electrons. The standard InChI is InChI=1S/C10H11BrN2O/c1-14-9-4-7(11)2-6-3-8(5-12)13-10(6)9/h2-4,13H,5,12H2,1H3. The second-order valence-corrected chi connectivity index (χ2v) is 3.99. The number of nitrogens with one attached hydrogen (secondary N) is 1. The minimum Gasteiger partial charge on any atom is -0.495 e. The van der Waals surface area contributed by atoms with Gasteiger partial charge in [0, 0.05) is 22.1 Å². The van der Waals surface area contributed by atoms with Crippen molar-refractivity contribution in [2.24, 2.45) is 5.73 Å². The fourth-order valence-corrected chi connectivity index (χ4v) is 1.96. The molecule has 2 aromatic rings. The van der Waals surface area contributed by atoms with Crippen LogP contribution in [0.1, 0.15) is 5.69 Å². The molecule has 0 aliphatic rings. The fourth-order valence-electron chi connectivity index (χ4n) is 1.50. The molecule has 1 aromatic carbocycles. The van der Waals surface area contributed by atoms with Crippen LogP contribution in [0.5, 0.6) is 5.75 Å². The van der Waals surface area contributed by atoms with E-state index in [9.17, 15) is 0 Å². The van der Waals surface area contributed by atoms with Crippen LogP contribution in [0.4, 0.5) is 0 Å². The maximum Gasteiger partial charge on any atom is 0.144 e. The van der Waals surface area contributed by atoms with E-state index in [0.29, 0.717) is 6.54 Å². The van der Waals surface area contributed by atoms with Crippen LogP contribution in [0, 0.1) is 0 Å². The molecule has 0 saturated carbocycles. The van der Waals surface area contributed by atoms with Crippen LogP contribution in [0.25, 0.3) is 10.9 Å². The van der Waals surface area contributed by atoms with E-state index >= 15 is 0 Å². The molecule has 0 aliphatic heterocycles. The van der Waals surface area contributed by atoms with E-state index in [0.717, 1.165) is 26.8 Å². The summed E-state index contributed by atoms with van der Waals surface area (Å²) < 4.78 is 6.27. The van der Waals surface area contributed by atoms with Crippen molar-refractivity contribution in [2.45, 2.75) is 6.54 Å². The van der Waals surface area contributed by atoms with Crippen LogP contribution in [-0.4, -0.2) is 12.1 Å². The summed E-state index contributed by atoms with van der Waals surface area (Å²) in [4.78, 5) is 3.22. The Hall–Kier alpha value is -1.00. The maximum atomic E-state index is 5.56. The summed E-state index contributed by atoms with van der Waals surface area (Å²) in [5, 5.41) is 1.11. The molecule has 3 N–H and O–H groups in total. The summed E-state index contributed by atoms with van der Waals surface area (Å²) in [6.07, 6.45) is 0. The van der Waals surface area contributed by atoms with Crippen molar-refractivity contribution in [2.75, 3.05) is 7.11 Å². The number of aromatic nitrogens is 1. The maximum absolute atomic E-state index is 5.56. The van der Waals surface area contributed by atoms with Crippen LogP contribution in [0.15, 0.2) is 22.7 Å². The molecule has 0 unspecified atom stereocenters. The minimum absolute atomic E-state index is 0.509. The summed E-state index contributed by atoms with van der Waals surface area (Å²) >= 11 is 3.43. The van der Waals surface area contributed by atoms with Crippen LogP contribution in [0.3, 0.4) is 0 Å². The van der Waals surface area contributed by atoms with Gasteiger partial charge in [0.15, 0.2) is 0 Å². The molecule has 0 amide bonds. The Labute approximate surface area is 90.4 Å². The monoisotopic (exact) mass is 254 g/mol. The Bertz CT molecular complexity index is 464. The number of H-pyrrole nitrogens is 1. The van der Waals surface area contributed by atoms with Crippen LogP contribution >= 0.6 is 15.9 Å². The van der Waals surface area contributed by atoms with E-state index in [1.165, 1.54) is 0 Å². The van der Waals surface area contributed by atoms with Crippen LogP contribution < -0.4 is 10.5 Å². The van der Waals surface area contributed by atoms with Crippen molar-refractivity contribution in [3.63, 3.8) is 0 Å². The number of nitrogens with two attached hydrogens (primary N) is 1. The first-order valence-corrected chi connectivity index (χ1v) is 5.09. The SMILES string of the molecule is COc1cc(Br)cc2cc(CN)[nH]c12. The lowest BCUT2D eigenvalue weighted by molar-refractivity contribution is 0.418. The molecule has 1 aromatic heterocycles. The van der Waals surface area contributed by atoms with Crippen molar-refractivity contribution in [1.29, 1.82) is 0 Å². The number of rotatable bonds is 2. The van der Waals surface area contributed by atoms with Crippen molar-refractivity contribution < 1.29 is 4.74 Å². The number of fused-ring (bicyclic) bond motifs is 1. The molecule has 4 heteroatoms. The van der Waals surface area contributed by atoms with E-state index in [1.807, 2.05) is 18.2 Å². The highest BCUT2D eigenvalue weighted by Crippen LogP contribution is 2.29. The molecule has 0 bridgehead atoms. The Morgan fingerprint density at radius 2 is 2.21 bits per heavy atom. The predicted octanol–water partition coefficient (Wildman–Crippen LogP) is 2.40. The predicted molar refractivity (Wildman–Crippen MR) is 60.4 cm³/mol. The minimum atomic E-state index is 0.509. The molecule has 0 saturated heterocycles. The van der Waals surface area contributed by atoms with Gasteiger partial charge < -0.3 is 15.5 Å². The van der Waals surface area contributed by atoms with Crippen molar-refractivity contribution in [3.05, 3.63) is 28.4 Å². The number of halogens is 1. The number of hydrogen-bond acceptors (Lipinski definition) is 2. The summed E-state index contributed by atoms with van der Waals surface area (Å²) in [6, 6.07) is 6.00. The zero-order valence-electron chi connectivity index (χ0n) is 7.80. The highest BCUT2D eigenvalue weighted by molar-refractivity contribution is 9.10. The molecule has 14 heavy (non-hydrogen) atoms. The Morgan fingerprint density at radius 1 is 1.43 bits per heavy atom. The number of aromatic amines is 1. The van der Waals surface area contributed by atoms with Gasteiger partial charge in [-0.05, 0) is 18.2 Å². The second-order valence-electron chi connectivity index (χ2n) is 3.07. The van der Waals surface area contributed by atoms with Gasteiger partial charge in [0.1, 0.15) is 5.75 Å². The van der Waals surface area contributed by atoms with Crippen LogP contribution in [0.2, 0.25) is 0 Å². The van der Waals surface area contributed by atoms with Gasteiger partial charge >= 0.3 is 0 Å². The van der Waals surface area contributed by atoms with Crippen molar-refractivity contribution in [3.8, 4) is 5.75 Å². The van der Waals surface area contributed by atoms with Gasteiger partial charge in [0.25, 0.3) is 0 Å². The number of hydrogen-bond donors (Lipinski definition) is 2. The average molecular weight is 255 g/mol. The average Bonchev–Trinajstić information content (AvgIpc) is 2.59. The van der Waals surface area contributed by atoms with Crippen molar-refractivity contribution >= 4 is 26.8 Å². The zero-order valence-corrected chi connectivity index (χ0v) is 9.39. The first-order chi connectivity index (χ1) is 6.74. The largest absolute Gasteiger partial charge is 0.495 e. The smallest absolute Gasteiger partial charge is 0.144 e. The lowest BCUT2D eigenvalue weighted by Crippen LogP contribution is -1.95. The number of methoxy groups -OCH3 is 1. The van der Waals surface area contributed by atoms with E-state index in [2.05, 4.69) is 20.9 Å². The third-order valence-electron chi connectivity index (χ3n) is 2.15. The normalized spacial score (nSPS) is 10.8. The molecule has 0 fully saturated rings. The molecule has 1 heterocycles. The van der Waals surface area contributed by atoms with E-state index < -0.39 is 0 Å². The van der Waals surface area contributed by atoms with E-state index in [-0.39, 0.29) is 0 Å². The summed E-state index contributed by atoms with van der Waals surface area (Å²) in [5.74, 6) is 0.828. The molecule has 0 aliphatic carbocycles. The second kappa shape index (κ2) is 3.63. The zero-order chi connectivity index (χ0) is 10.1. The molecular weight excluding hydrogens is 244 g/mol. The molecule has 2 rings (SSSR count). The summed E-state index contributed by atoms with van der Waals surface area (Å²) in [7, 11) is 1.66. The van der Waals surface area contributed by atoms with Gasteiger partial charge in [-0.15, -0.1) is 0 Å². The van der Waals surface area contributed by atoms with Crippen molar-refractivity contribution in [1.82, 2.24) is 4.98 Å². The van der Waals surface area contributed by atoms with Crippen LogP contribution in [-0.2, 0) is 6.54 Å². The Morgan fingerprint density at radius 3 is 2.86 bits per heavy atom. The molecule has 74 valence electrons. The molecule has 3 nitrogen and oxygen atoms in total. The Kier molecular flexibility index (Phi) is 2.48. The first-order valence-electron chi connectivity index (χ1n) is 4.30. The van der Waals surface area contributed by atoms with Gasteiger partial charge in [-0.1, -0.05) is 15.9 Å². The number of ether oxygens (including phenoxy) is 1. The molecular formula is C10H11BrN2O. The summed E-state index contributed by atoms with van der Waals surface area (Å²) in [5.41, 5.74) is 7.57.